The van der Waals surface area contributed by atoms with E-state index < -0.39 is 36.0 Å². The summed E-state index contributed by atoms with van der Waals surface area (Å²) >= 11 is 1.28. The van der Waals surface area contributed by atoms with Gasteiger partial charge in [-0.2, -0.15) is 13.2 Å². The van der Waals surface area contributed by atoms with Crippen molar-refractivity contribution in [2.75, 3.05) is 11.6 Å². The number of nitrogens with zero attached hydrogens (tertiary/aromatic N) is 1. The van der Waals surface area contributed by atoms with E-state index in [0.717, 1.165) is 4.90 Å². The van der Waals surface area contributed by atoms with Crippen molar-refractivity contribution in [3.63, 3.8) is 0 Å². The molecule has 8 heteroatoms. The third kappa shape index (κ3) is 5.30. The van der Waals surface area contributed by atoms with Gasteiger partial charge in [0, 0.05) is 11.3 Å². The average molecular weight is 298 g/mol. The highest BCUT2D eigenvalue weighted by Crippen LogP contribution is 2.27. The molecule has 0 bridgehead atoms. The second kappa shape index (κ2) is 5.60. The minimum Gasteiger partial charge on any atom is -0.350 e. The number of hydrogen-bond acceptors (Lipinski definition) is 3. The molecule has 19 heavy (non-hydrogen) atoms. The number of rotatable bonds is 2. The van der Waals surface area contributed by atoms with Crippen molar-refractivity contribution in [3.8, 4) is 0 Å². The molecule has 4 nitrogen and oxygen atoms in total. The Morgan fingerprint density at radius 3 is 2.37 bits per heavy atom. The summed E-state index contributed by atoms with van der Waals surface area (Å²) in [6, 6.07) is -0.820. The molecular formula is C11H17F3N2O2S. The van der Waals surface area contributed by atoms with Crippen molar-refractivity contribution in [3.05, 3.63) is 0 Å². The Labute approximate surface area is 114 Å². The number of amides is 2. The van der Waals surface area contributed by atoms with Crippen LogP contribution in [0.2, 0.25) is 0 Å². The zero-order chi connectivity index (χ0) is 14.8. The van der Waals surface area contributed by atoms with Gasteiger partial charge in [0.25, 0.3) is 0 Å². The topological polar surface area (TPSA) is 49.4 Å². The van der Waals surface area contributed by atoms with E-state index in [9.17, 15) is 22.8 Å². The van der Waals surface area contributed by atoms with Crippen LogP contribution in [0.1, 0.15) is 27.2 Å². The molecule has 0 unspecified atom stereocenters. The molecule has 0 aromatic rings. The van der Waals surface area contributed by atoms with Crippen molar-refractivity contribution in [1.29, 1.82) is 0 Å². The molecule has 1 heterocycles. The van der Waals surface area contributed by atoms with Crippen LogP contribution in [0.25, 0.3) is 0 Å². The largest absolute Gasteiger partial charge is 0.397 e. The maximum Gasteiger partial charge on any atom is 0.397 e. The molecule has 1 atom stereocenters. The molecule has 110 valence electrons. The number of carbonyl (C=O) groups excluding carboxylic acids is 2. The molecule has 0 aromatic carbocycles. The van der Waals surface area contributed by atoms with E-state index in [1.54, 1.807) is 20.8 Å². The molecule has 1 rings (SSSR count). The van der Waals surface area contributed by atoms with E-state index >= 15 is 0 Å². The molecule has 2 amide bonds. The number of alkyl halides is 3. The average Bonchev–Trinajstić information content (AvgIpc) is 2.59. The number of hydrogen-bond donors (Lipinski definition) is 1. The third-order valence-corrected chi connectivity index (χ3v) is 3.37. The Bertz CT molecular complexity index is 332. The van der Waals surface area contributed by atoms with E-state index in [2.05, 4.69) is 5.32 Å². The fourth-order valence-electron chi connectivity index (χ4n) is 1.63. The van der Waals surface area contributed by atoms with Crippen molar-refractivity contribution < 1.29 is 22.8 Å². The summed E-state index contributed by atoms with van der Waals surface area (Å²) in [5.74, 6) is -1.01. The minimum absolute atomic E-state index is 0.122. The first kappa shape index (κ1) is 16.1. The van der Waals surface area contributed by atoms with Gasteiger partial charge in [0.2, 0.25) is 11.8 Å². The fourth-order valence-corrected chi connectivity index (χ4v) is 2.81. The van der Waals surface area contributed by atoms with Gasteiger partial charge in [-0.05, 0) is 20.8 Å². The number of carbonyl (C=O) groups is 2. The first-order valence-corrected chi connectivity index (χ1v) is 6.91. The first-order valence-electron chi connectivity index (χ1n) is 5.75. The zero-order valence-corrected chi connectivity index (χ0v) is 11.8. The Morgan fingerprint density at radius 1 is 1.32 bits per heavy atom. The van der Waals surface area contributed by atoms with Crippen LogP contribution < -0.4 is 5.32 Å². The van der Waals surface area contributed by atoms with Crippen LogP contribution in [-0.2, 0) is 9.59 Å². The van der Waals surface area contributed by atoms with Gasteiger partial charge in [0.1, 0.15) is 12.5 Å². The lowest BCUT2D eigenvalue weighted by atomic mass is 10.1. The molecule has 1 N–H and O–H groups in total. The van der Waals surface area contributed by atoms with Gasteiger partial charge in [-0.15, -0.1) is 11.8 Å². The summed E-state index contributed by atoms with van der Waals surface area (Å²) in [5.41, 5.74) is -0.483. The third-order valence-electron chi connectivity index (χ3n) is 2.36. The molecule has 0 aromatic heterocycles. The van der Waals surface area contributed by atoms with E-state index in [-0.39, 0.29) is 5.88 Å². The van der Waals surface area contributed by atoms with Crippen molar-refractivity contribution in [2.45, 2.75) is 44.9 Å². The molecule has 0 radical (unpaired) electrons. The maximum absolute atomic E-state index is 12.2. The SMILES string of the molecule is CC(C)(C)NC(=O)[C@@H]1CSCN1C(=O)CC(F)(F)F. The van der Waals surface area contributed by atoms with Gasteiger partial charge in [0.15, 0.2) is 0 Å². The molecule has 1 saturated heterocycles. The van der Waals surface area contributed by atoms with Crippen LogP contribution in [0.4, 0.5) is 13.2 Å². The summed E-state index contributed by atoms with van der Waals surface area (Å²) < 4.78 is 36.6. The van der Waals surface area contributed by atoms with Crippen LogP contribution in [0.3, 0.4) is 0 Å². The molecule has 1 fully saturated rings. The summed E-state index contributed by atoms with van der Waals surface area (Å²) in [5, 5.41) is 2.68. The van der Waals surface area contributed by atoms with Crippen molar-refractivity contribution in [2.24, 2.45) is 0 Å². The summed E-state index contributed by atoms with van der Waals surface area (Å²) in [4.78, 5) is 24.5. The minimum atomic E-state index is -4.55. The van der Waals surface area contributed by atoms with Gasteiger partial charge in [-0.1, -0.05) is 0 Å². The van der Waals surface area contributed by atoms with E-state index in [0.29, 0.717) is 5.75 Å². The predicted octanol–water partition coefficient (Wildman–Crippen LogP) is 1.76. The quantitative estimate of drug-likeness (QED) is 0.845. The van der Waals surface area contributed by atoms with Crippen LogP contribution in [0, 0.1) is 0 Å². The standard InChI is InChI=1S/C11H17F3N2O2S/c1-10(2,3)15-9(18)7-5-19-6-16(7)8(17)4-11(12,13)14/h7H,4-6H2,1-3H3,(H,15,18)/t7-/m0/s1. The highest BCUT2D eigenvalue weighted by molar-refractivity contribution is 7.99. The smallest absolute Gasteiger partial charge is 0.350 e. The second-order valence-corrected chi connectivity index (χ2v) is 6.41. The number of nitrogens with one attached hydrogen (secondary N) is 1. The molecule has 0 spiro atoms. The lowest BCUT2D eigenvalue weighted by molar-refractivity contribution is -0.163. The molecule has 1 aliphatic rings. The number of thioether (sulfide) groups is 1. The fraction of sp³-hybridized carbons (Fsp3) is 0.818. The summed E-state index contributed by atoms with van der Waals surface area (Å²) in [6.45, 7) is 5.32. The van der Waals surface area contributed by atoms with Crippen LogP contribution in [0.15, 0.2) is 0 Å². The molecule has 1 aliphatic heterocycles. The Morgan fingerprint density at radius 2 is 1.89 bits per heavy atom. The van der Waals surface area contributed by atoms with E-state index in [1.807, 2.05) is 0 Å². The summed E-state index contributed by atoms with van der Waals surface area (Å²) in [7, 11) is 0. The lowest BCUT2D eigenvalue weighted by Crippen LogP contribution is -2.52. The normalized spacial score (nSPS) is 20.5. The Kier molecular flexibility index (Phi) is 4.76. The predicted molar refractivity (Wildman–Crippen MR) is 66.5 cm³/mol. The van der Waals surface area contributed by atoms with Crippen LogP contribution >= 0.6 is 11.8 Å². The van der Waals surface area contributed by atoms with Crippen LogP contribution in [-0.4, -0.2) is 46.1 Å². The summed E-state index contributed by atoms with van der Waals surface area (Å²) in [6.07, 6.45) is -6.07. The van der Waals surface area contributed by atoms with Gasteiger partial charge >= 0.3 is 6.18 Å². The Balaban J connectivity index is 2.69. The van der Waals surface area contributed by atoms with Gasteiger partial charge in [-0.25, -0.2) is 0 Å². The Hall–Kier alpha value is -0.920. The van der Waals surface area contributed by atoms with E-state index in [4.69, 9.17) is 0 Å². The highest BCUT2D eigenvalue weighted by Gasteiger charge is 2.40. The van der Waals surface area contributed by atoms with Crippen LogP contribution in [0.5, 0.6) is 0 Å². The van der Waals surface area contributed by atoms with Crippen molar-refractivity contribution in [1.82, 2.24) is 10.2 Å². The lowest BCUT2D eigenvalue weighted by Gasteiger charge is -2.28. The van der Waals surface area contributed by atoms with Gasteiger partial charge in [-0.3, -0.25) is 9.59 Å². The van der Waals surface area contributed by atoms with Gasteiger partial charge in [0.05, 0.1) is 5.88 Å². The van der Waals surface area contributed by atoms with Crippen molar-refractivity contribution >= 4 is 23.6 Å². The first-order chi connectivity index (χ1) is 8.49. The molecule has 0 saturated carbocycles. The molecular weight excluding hydrogens is 281 g/mol. The van der Waals surface area contributed by atoms with E-state index in [1.165, 1.54) is 11.8 Å². The van der Waals surface area contributed by atoms with Gasteiger partial charge < -0.3 is 10.2 Å². The maximum atomic E-state index is 12.2. The second-order valence-electron chi connectivity index (χ2n) is 5.41. The number of halogens is 3. The molecule has 0 aliphatic carbocycles. The monoisotopic (exact) mass is 298 g/mol. The highest BCUT2D eigenvalue weighted by atomic mass is 32.2. The zero-order valence-electron chi connectivity index (χ0n) is 11.0.